The van der Waals surface area contributed by atoms with E-state index in [1.807, 2.05) is 6.26 Å². The van der Waals surface area contributed by atoms with Crippen LogP contribution in [-0.4, -0.2) is 40.0 Å². The Hall–Kier alpha value is -0.690. The second kappa shape index (κ2) is 7.93. The van der Waals surface area contributed by atoms with Crippen LogP contribution in [0.5, 0.6) is 0 Å². The lowest BCUT2D eigenvalue weighted by molar-refractivity contribution is -0.139. The van der Waals surface area contributed by atoms with Gasteiger partial charge in [-0.3, -0.25) is 4.79 Å². The van der Waals surface area contributed by atoms with Gasteiger partial charge in [-0.2, -0.15) is 11.8 Å². The molecule has 0 aliphatic heterocycles. The van der Waals surface area contributed by atoms with Crippen LogP contribution in [0, 0.1) is 0 Å². The maximum atomic E-state index is 12.0. The van der Waals surface area contributed by atoms with Crippen LogP contribution in [0.2, 0.25) is 15.1 Å². The van der Waals surface area contributed by atoms with E-state index in [1.165, 1.54) is 18.0 Å². The first-order valence-corrected chi connectivity index (χ1v) is 7.93. The Morgan fingerprint density at radius 3 is 2.60 bits per heavy atom. The quantitative estimate of drug-likeness (QED) is 0.818. The molecule has 9 heteroatoms. The standard InChI is InChI=1S/C11H11Cl3N2O3S/c1-20-3-2-6(11(18)19)16-10(17)9-8(14)7(13)5(12)4-15-9/h4,6H,2-3H2,1H3,(H,16,17)(H,18,19)/t6-/m1/s1. The zero-order chi connectivity index (χ0) is 15.3. The van der Waals surface area contributed by atoms with E-state index in [9.17, 15) is 9.59 Å². The van der Waals surface area contributed by atoms with Gasteiger partial charge >= 0.3 is 5.97 Å². The van der Waals surface area contributed by atoms with Crippen molar-refractivity contribution in [2.75, 3.05) is 12.0 Å². The van der Waals surface area contributed by atoms with Gasteiger partial charge < -0.3 is 10.4 Å². The van der Waals surface area contributed by atoms with Gasteiger partial charge in [0.1, 0.15) is 11.7 Å². The van der Waals surface area contributed by atoms with Crippen LogP contribution in [0.15, 0.2) is 6.20 Å². The zero-order valence-corrected chi connectivity index (χ0v) is 13.4. The van der Waals surface area contributed by atoms with E-state index in [1.54, 1.807) is 0 Å². The number of hydrogen-bond donors (Lipinski definition) is 2. The molecular formula is C11H11Cl3N2O3S. The number of aliphatic carboxylic acids is 1. The summed E-state index contributed by atoms with van der Waals surface area (Å²) in [6.07, 6.45) is 3.32. The number of carboxylic acid groups (broad SMARTS) is 1. The number of pyridine rings is 1. The molecule has 1 atom stereocenters. The number of nitrogens with one attached hydrogen (secondary N) is 1. The number of amides is 1. The van der Waals surface area contributed by atoms with Crippen LogP contribution in [0.3, 0.4) is 0 Å². The number of thioether (sulfide) groups is 1. The molecule has 110 valence electrons. The van der Waals surface area contributed by atoms with Gasteiger partial charge in [-0.25, -0.2) is 9.78 Å². The highest BCUT2D eigenvalue weighted by atomic mass is 35.5. The molecular weight excluding hydrogens is 347 g/mol. The molecule has 1 heterocycles. The first-order valence-electron chi connectivity index (χ1n) is 5.40. The van der Waals surface area contributed by atoms with Gasteiger partial charge in [0.2, 0.25) is 0 Å². The minimum absolute atomic E-state index is 0.00414. The Balaban J connectivity index is 2.89. The third-order valence-electron chi connectivity index (χ3n) is 2.35. The second-order valence-corrected chi connectivity index (χ2v) is 5.88. The van der Waals surface area contributed by atoms with Crippen molar-refractivity contribution in [3.05, 3.63) is 27.0 Å². The maximum Gasteiger partial charge on any atom is 0.326 e. The monoisotopic (exact) mass is 356 g/mol. The van der Waals surface area contributed by atoms with Crippen molar-refractivity contribution in [3.63, 3.8) is 0 Å². The molecule has 1 aromatic rings. The predicted octanol–water partition coefficient (Wildman–Crippen LogP) is 2.98. The molecule has 0 aliphatic carbocycles. The van der Waals surface area contributed by atoms with E-state index in [-0.39, 0.29) is 20.8 Å². The lowest BCUT2D eigenvalue weighted by atomic mass is 10.2. The summed E-state index contributed by atoms with van der Waals surface area (Å²) in [5.41, 5.74) is -0.156. The molecule has 0 bridgehead atoms. The van der Waals surface area contributed by atoms with Crippen LogP contribution < -0.4 is 5.32 Å². The van der Waals surface area contributed by atoms with Crippen LogP contribution in [0.1, 0.15) is 16.9 Å². The molecule has 1 amide bonds. The molecule has 0 unspecified atom stereocenters. The fourth-order valence-corrected chi connectivity index (χ4v) is 2.36. The van der Waals surface area contributed by atoms with Crippen LogP contribution in [-0.2, 0) is 4.79 Å². The average molecular weight is 358 g/mol. The number of aromatic nitrogens is 1. The predicted molar refractivity (Wildman–Crippen MR) is 81.2 cm³/mol. The summed E-state index contributed by atoms with van der Waals surface area (Å²) in [4.78, 5) is 26.8. The van der Waals surface area contributed by atoms with E-state index in [2.05, 4.69) is 10.3 Å². The smallest absolute Gasteiger partial charge is 0.326 e. The molecule has 5 nitrogen and oxygen atoms in total. The fraction of sp³-hybridized carbons (Fsp3) is 0.364. The van der Waals surface area contributed by atoms with Gasteiger partial charge in [-0.1, -0.05) is 34.8 Å². The number of halogens is 3. The summed E-state index contributed by atoms with van der Waals surface area (Å²) in [6.45, 7) is 0. The summed E-state index contributed by atoms with van der Waals surface area (Å²) in [6, 6.07) is -1.01. The van der Waals surface area contributed by atoms with Gasteiger partial charge in [0, 0.05) is 6.20 Å². The Bertz CT molecular complexity index is 528. The molecule has 0 saturated heterocycles. The highest BCUT2D eigenvalue weighted by Gasteiger charge is 2.23. The minimum atomic E-state index is -1.12. The van der Waals surface area contributed by atoms with Crippen LogP contribution in [0.4, 0.5) is 0 Å². The summed E-state index contributed by atoms with van der Waals surface area (Å²) in [7, 11) is 0. The van der Waals surface area contributed by atoms with Gasteiger partial charge in [0.15, 0.2) is 0 Å². The van der Waals surface area contributed by atoms with Crippen molar-refractivity contribution in [1.29, 1.82) is 0 Å². The molecule has 0 fully saturated rings. The Morgan fingerprint density at radius 1 is 1.40 bits per heavy atom. The van der Waals surface area contributed by atoms with E-state index < -0.39 is 17.9 Å². The third-order valence-corrected chi connectivity index (χ3v) is 4.23. The van der Waals surface area contributed by atoms with Crippen molar-refractivity contribution < 1.29 is 14.7 Å². The molecule has 0 aromatic carbocycles. The molecule has 20 heavy (non-hydrogen) atoms. The molecule has 1 rings (SSSR count). The first-order chi connectivity index (χ1) is 9.38. The van der Waals surface area contributed by atoms with Crippen molar-refractivity contribution in [2.45, 2.75) is 12.5 Å². The molecule has 0 spiro atoms. The molecule has 0 radical (unpaired) electrons. The van der Waals surface area contributed by atoms with Crippen molar-refractivity contribution in [3.8, 4) is 0 Å². The van der Waals surface area contributed by atoms with Gasteiger partial charge in [-0.05, 0) is 18.4 Å². The van der Waals surface area contributed by atoms with E-state index >= 15 is 0 Å². The van der Waals surface area contributed by atoms with Gasteiger partial charge in [0.05, 0.1) is 15.1 Å². The second-order valence-electron chi connectivity index (χ2n) is 3.73. The van der Waals surface area contributed by atoms with Crippen molar-refractivity contribution in [1.82, 2.24) is 10.3 Å². The van der Waals surface area contributed by atoms with E-state index in [0.29, 0.717) is 12.2 Å². The SMILES string of the molecule is CSCC[C@@H](NC(=O)c1ncc(Cl)c(Cl)c1Cl)C(=O)O. The van der Waals surface area contributed by atoms with Crippen LogP contribution >= 0.6 is 46.6 Å². The first kappa shape index (κ1) is 17.4. The Morgan fingerprint density at radius 2 is 2.05 bits per heavy atom. The van der Waals surface area contributed by atoms with Crippen LogP contribution in [0.25, 0.3) is 0 Å². The Labute approximate surface area is 135 Å². The number of carbonyl (C=O) groups is 2. The molecule has 1 aromatic heterocycles. The lowest BCUT2D eigenvalue weighted by Crippen LogP contribution is -2.41. The topological polar surface area (TPSA) is 79.3 Å². The summed E-state index contributed by atoms with van der Waals surface area (Å²) < 4.78 is 0. The average Bonchev–Trinajstić information content (AvgIpc) is 2.40. The zero-order valence-electron chi connectivity index (χ0n) is 10.3. The normalized spacial score (nSPS) is 12.0. The highest BCUT2D eigenvalue weighted by molar-refractivity contribution is 7.98. The van der Waals surface area contributed by atoms with Gasteiger partial charge in [-0.15, -0.1) is 0 Å². The number of carbonyl (C=O) groups excluding carboxylic acids is 1. The number of nitrogens with zero attached hydrogens (tertiary/aromatic N) is 1. The lowest BCUT2D eigenvalue weighted by Gasteiger charge is -2.14. The summed E-state index contributed by atoms with van der Waals surface area (Å²) in [5, 5.41) is 11.4. The molecule has 0 saturated carbocycles. The largest absolute Gasteiger partial charge is 0.480 e. The maximum absolute atomic E-state index is 12.0. The number of hydrogen-bond acceptors (Lipinski definition) is 4. The third kappa shape index (κ3) is 4.41. The van der Waals surface area contributed by atoms with E-state index in [0.717, 1.165) is 0 Å². The summed E-state index contributed by atoms with van der Waals surface area (Å²) >= 11 is 18.9. The summed E-state index contributed by atoms with van der Waals surface area (Å²) in [5.74, 6) is -1.23. The molecule has 2 N–H and O–H groups in total. The number of carboxylic acids is 1. The van der Waals surface area contributed by atoms with Crippen molar-refractivity contribution in [2.24, 2.45) is 0 Å². The Kier molecular flexibility index (Phi) is 6.88. The van der Waals surface area contributed by atoms with Crippen molar-refractivity contribution >= 4 is 58.4 Å². The minimum Gasteiger partial charge on any atom is -0.480 e. The van der Waals surface area contributed by atoms with E-state index in [4.69, 9.17) is 39.9 Å². The van der Waals surface area contributed by atoms with Gasteiger partial charge in [0.25, 0.3) is 5.91 Å². The molecule has 0 aliphatic rings. The fourth-order valence-electron chi connectivity index (χ4n) is 1.32. The number of rotatable bonds is 6. The highest BCUT2D eigenvalue weighted by Crippen LogP contribution is 2.31.